The van der Waals surface area contributed by atoms with Gasteiger partial charge < -0.3 is 9.84 Å². The second-order valence-corrected chi connectivity index (χ2v) is 6.49. The molecule has 0 aromatic rings. The lowest BCUT2D eigenvalue weighted by molar-refractivity contribution is -0.624. The highest BCUT2D eigenvalue weighted by Crippen LogP contribution is 2.44. The number of carboxylic acid groups (broad SMARTS) is 1. The Bertz CT molecular complexity index is 584. The highest BCUT2D eigenvalue weighted by atomic mass is 35.5. The number of piperidine rings is 1. The second-order valence-electron chi connectivity index (χ2n) is 6.11. The molecule has 1 aliphatic heterocycles. The summed E-state index contributed by atoms with van der Waals surface area (Å²) < 4.78 is 5.40. The molecule has 24 heavy (non-hydrogen) atoms. The average Bonchev–Trinajstić information content (AvgIpc) is 2.51. The van der Waals surface area contributed by atoms with Crippen molar-refractivity contribution in [3.63, 3.8) is 0 Å². The third-order valence-electron chi connectivity index (χ3n) is 4.46. The zero-order valence-corrected chi connectivity index (χ0v) is 13.6. The number of aliphatic carboxylic acids is 1. The fraction of sp³-hybridized carbons (Fsp3) is 0.769. The molecule has 1 heterocycles. The number of nitrogens with zero attached hydrogens (tertiary/aromatic N) is 3. The second kappa shape index (κ2) is 6.89. The number of carboxylic acids is 1. The molecule has 1 saturated heterocycles. The zero-order chi connectivity index (χ0) is 18.0. The molecule has 0 saturated carbocycles. The molecular formula is C13H18ClN3O7. The highest BCUT2D eigenvalue weighted by molar-refractivity contribution is 6.17. The molecule has 134 valence electrons. The van der Waals surface area contributed by atoms with Crippen LogP contribution < -0.4 is 0 Å². The van der Waals surface area contributed by atoms with Crippen molar-refractivity contribution < 1.29 is 24.5 Å². The van der Waals surface area contributed by atoms with E-state index in [2.05, 4.69) is 0 Å². The van der Waals surface area contributed by atoms with Crippen LogP contribution in [0.2, 0.25) is 0 Å². The van der Waals surface area contributed by atoms with E-state index in [-0.39, 0.29) is 57.1 Å². The minimum absolute atomic E-state index is 0.00319. The van der Waals surface area contributed by atoms with Crippen LogP contribution in [0.25, 0.3) is 0 Å². The molecule has 1 N–H and O–H groups in total. The molecule has 2 rings (SSSR count). The number of alkyl halides is 1. The lowest BCUT2D eigenvalue weighted by Gasteiger charge is -2.45. The molecule has 0 radical (unpaired) electrons. The summed E-state index contributed by atoms with van der Waals surface area (Å²) in [5.41, 5.74) is -3.27. The molecule has 0 aromatic carbocycles. The van der Waals surface area contributed by atoms with E-state index in [1.54, 1.807) is 0 Å². The van der Waals surface area contributed by atoms with E-state index in [1.165, 1.54) is 11.0 Å². The van der Waals surface area contributed by atoms with Crippen LogP contribution in [-0.2, 0) is 9.53 Å². The fourth-order valence-corrected chi connectivity index (χ4v) is 3.51. The summed E-state index contributed by atoms with van der Waals surface area (Å²) in [7, 11) is 0. The molecule has 2 aliphatic rings. The first kappa shape index (κ1) is 18.4. The summed E-state index contributed by atoms with van der Waals surface area (Å²) >= 11 is 5.56. The smallest absolute Gasteiger partial charge is 0.304 e. The molecular weight excluding hydrogens is 346 g/mol. The molecule has 0 aromatic heterocycles. The van der Waals surface area contributed by atoms with Gasteiger partial charge in [-0.25, -0.2) is 0 Å². The Labute approximate surface area is 142 Å². The number of carbonyl (C=O) groups is 1. The number of fused-ring (bicyclic) bond motifs is 2. The van der Waals surface area contributed by atoms with Crippen molar-refractivity contribution in [2.75, 3.05) is 32.1 Å². The summed E-state index contributed by atoms with van der Waals surface area (Å²) in [6.45, 7) is -0.0913. The number of nitro groups is 2. The maximum absolute atomic E-state index is 11.8. The zero-order valence-electron chi connectivity index (χ0n) is 12.9. The van der Waals surface area contributed by atoms with Crippen LogP contribution in [0.3, 0.4) is 0 Å². The molecule has 1 aliphatic carbocycles. The van der Waals surface area contributed by atoms with E-state index < -0.39 is 26.9 Å². The Hall–Kier alpha value is -1.94. The molecule has 10 nitrogen and oxygen atoms in total. The predicted molar refractivity (Wildman–Crippen MR) is 82.1 cm³/mol. The van der Waals surface area contributed by atoms with E-state index in [0.29, 0.717) is 0 Å². The van der Waals surface area contributed by atoms with Crippen molar-refractivity contribution in [1.82, 2.24) is 4.90 Å². The van der Waals surface area contributed by atoms with Crippen molar-refractivity contribution in [2.24, 2.45) is 0 Å². The van der Waals surface area contributed by atoms with Crippen LogP contribution >= 0.6 is 11.6 Å². The van der Waals surface area contributed by atoms with Gasteiger partial charge in [0.25, 0.3) is 5.54 Å². The van der Waals surface area contributed by atoms with E-state index in [9.17, 15) is 25.0 Å². The van der Waals surface area contributed by atoms with Crippen LogP contribution in [0.4, 0.5) is 0 Å². The minimum atomic E-state index is -1.76. The van der Waals surface area contributed by atoms with Crippen LogP contribution in [0, 0.1) is 20.2 Å². The number of likely N-dealkylation sites (tertiary alicyclic amines) is 1. The molecule has 0 spiro atoms. The predicted octanol–water partition coefficient (Wildman–Crippen LogP) is 0.741. The van der Waals surface area contributed by atoms with E-state index in [4.69, 9.17) is 21.4 Å². The lowest BCUT2D eigenvalue weighted by atomic mass is 9.71. The van der Waals surface area contributed by atoms with Gasteiger partial charge in [0.05, 0.1) is 31.8 Å². The van der Waals surface area contributed by atoms with E-state index >= 15 is 0 Å². The Morgan fingerprint density at radius 2 is 2.08 bits per heavy atom. The van der Waals surface area contributed by atoms with Gasteiger partial charge >= 0.3 is 5.97 Å². The van der Waals surface area contributed by atoms with E-state index in [0.717, 1.165) is 0 Å². The Balaban J connectivity index is 2.38. The van der Waals surface area contributed by atoms with Crippen LogP contribution in [0.15, 0.2) is 11.8 Å². The molecule has 2 bridgehead atoms. The maximum atomic E-state index is 11.8. The highest BCUT2D eigenvalue weighted by Gasteiger charge is 2.66. The van der Waals surface area contributed by atoms with Gasteiger partial charge in [-0.15, -0.1) is 11.6 Å². The first-order chi connectivity index (χ1) is 11.3. The van der Waals surface area contributed by atoms with Crippen molar-refractivity contribution in [2.45, 2.75) is 30.3 Å². The van der Waals surface area contributed by atoms with Crippen molar-refractivity contribution in [1.29, 1.82) is 0 Å². The first-order valence-corrected chi connectivity index (χ1v) is 7.92. The first-order valence-electron chi connectivity index (χ1n) is 7.38. The van der Waals surface area contributed by atoms with Crippen molar-refractivity contribution >= 4 is 17.6 Å². The lowest BCUT2D eigenvalue weighted by Crippen LogP contribution is -2.67. The topological polar surface area (TPSA) is 136 Å². The Kier molecular flexibility index (Phi) is 5.29. The van der Waals surface area contributed by atoms with Crippen molar-refractivity contribution in [3.05, 3.63) is 32.1 Å². The molecule has 11 heteroatoms. The SMILES string of the molecule is O=C(O)CCN1CC2([N+](=O)[O-])CC=C(OCCCl)C([N+](=O)[O-])(C1)C2. The van der Waals surface area contributed by atoms with E-state index in [1.807, 2.05) is 0 Å². The van der Waals surface area contributed by atoms with Gasteiger partial charge in [0, 0.05) is 22.8 Å². The number of hydrogen-bond acceptors (Lipinski definition) is 7. The summed E-state index contributed by atoms with van der Waals surface area (Å²) in [5.74, 6) is -0.857. The van der Waals surface area contributed by atoms with Gasteiger partial charge in [-0.2, -0.15) is 0 Å². The normalized spacial score (nSPS) is 29.6. The third kappa shape index (κ3) is 3.29. The maximum Gasteiger partial charge on any atom is 0.304 e. The summed E-state index contributed by atoms with van der Waals surface area (Å²) in [4.78, 5) is 34.6. The van der Waals surface area contributed by atoms with Crippen LogP contribution in [0.1, 0.15) is 19.3 Å². The summed E-state index contributed by atoms with van der Waals surface area (Å²) in [6.07, 6.45) is 0.883. The van der Waals surface area contributed by atoms with Crippen molar-refractivity contribution in [3.8, 4) is 0 Å². The number of hydrogen-bond donors (Lipinski definition) is 1. The van der Waals surface area contributed by atoms with Gasteiger partial charge in [0.15, 0.2) is 5.76 Å². The van der Waals surface area contributed by atoms with Gasteiger partial charge in [-0.3, -0.25) is 29.9 Å². The average molecular weight is 364 g/mol. The van der Waals surface area contributed by atoms with Crippen LogP contribution in [-0.4, -0.2) is 69.0 Å². The monoisotopic (exact) mass is 363 g/mol. The molecule has 2 atom stereocenters. The fourth-order valence-electron chi connectivity index (χ4n) is 3.44. The van der Waals surface area contributed by atoms with Crippen LogP contribution in [0.5, 0.6) is 0 Å². The summed E-state index contributed by atoms with van der Waals surface area (Å²) in [5, 5.41) is 32.2. The molecule has 1 fully saturated rings. The standard InChI is InChI=1S/C13H18ClN3O7/c14-4-6-24-10-1-3-12(16(20)21)7-13(10,17(22)23)9-15(8-12)5-2-11(18)19/h1H,2-9H2,(H,18,19). The van der Waals surface area contributed by atoms with Gasteiger partial charge in [0.2, 0.25) is 5.54 Å². The third-order valence-corrected chi connectivity index (χ3v) is 4.62. The van der Waals surface area contributed by atoms with Gasteiger partial charge in [0.1, 0.15) is 6.61 Å². The minimum Gasteiger partial charge on any atom is -0.489 e. The number of halogens is 1. The molecule has 0 amide bonds. The Morgan fingerprint density at radius 3 is 2.62 bits per heavy atom. The summed E-state index contributed by atoms with van der Waals surface area (Å²) in [6, 6.07) is 0. The number of rotatable bonds is 8. The quantitative estimate of drug-likeness (QED) is 0.379. The molecule has 2 unspecified atom stereocenters. The number of ether oxygens (including phenoxy) is 1. The Morgan fingerprint density at radius 1 is 1.38 bits per heavy atom. The van der Waals surface area contributed by atoms with Gasteiger partial charge in [-0.05, 0) is 6.08 Å². The largest absolute Gasteiger partial charge is 0.489 e. The van der Waals surface area contributed by atoms with Gasteiger partial charge in [-0.1, -0.05) is 0 Å².